The molecule has 5 nitrogen and oxygen atoms in total. The minimum Gasteiger partial charge on any atom is -0.373 e. The second-order valence-corrected chi connectivity index (χ2v) is 5.76. The van der Waals surface area contributed by atoms with Gasteiger partial charge in [-0.3, -0.25) is 0 Å². The largest absolute Gasteiger partial charge is 0.373 e. The maximum Gasteiger partial charge on any atom is 0.240 e. The van der Waals surface area contributed by atoms with Crippen LogP contribution in [0.25, 0.3) is 0 Å². The van der Waals surface area contributed by atoms with Crippen molar-refractivity contribution in [1.29, 1.82) is 0 Å². The van der Waals surface area contributed by atoms with Crippen LogP contribution in [-0.4, -0.2) is 23.3 Å². The van der Waals surface area contributed by atoms with Gasteiger partial charge in [0.25, 0.3) is 0 Å². The maximum atomic E-state index is 5.62. The standard InChI is InChI=1S/C14H23N3O2/c1-18-13(10-5-3-2-4-6-10)14-16-12(19-17-14)9-15-11-7-8-11/h10-11,13,15H,2-9H2,1H3. The number of aromatic nitrogens is 2. The van der Waals surface area contributed by atoms with E-state index in [2.05, 4.69) is 15.5 Å². The fourth-order valence-corrected chi connectivity index (χ4v) is 2.92. The van der Waals surface area contributed by atoms with E-state index in [4.69, 9.17) is 9.26 Å². The molecule has 1 heterocycles. The smallest absolute Gasteiger partial charge is 0.240 e. The van der Waals surface area contributed by atoms with Crippen molar-refractivity contribution in [1.82, 2.24) is 15.5 Å². The topological polar surface area (TPSA) is 60.2 Å². The van der Waals surface area contributed by atoms with Crippen molar-refractivity contribution in [3.05, 3.63) is 11.7 Å². The molecule has 0 radical (unpaired) electrons. The van der Waals surface area contributed by atoms with E-state index in [1.54, 1.807) is 7.11 Å². The third-order valence-electron chi connectivity index (χ3n) is 4.19. The Labute approximate surface area is 114 Å². The molecule has 19 heavy (non-hydrogen) atoms. The molecule has 1 aromatic heterocycles. The number of hydrogen-bond acceptors (Lipinski definition) is 5. The monoisotopic (exact) mass is 265 g/mol. The van der Waals surface area contributed by atoms with Crippen molar-refractivity contribution in [2.45, 2.75) is 63.6 Å². The molecular weight excluding hydrogens is 242 g/mol. The van der Waals surface area contributed by atoms with E-state index in [1.165, 1.54) is 44.9 Å². The quantitative estimate of drug-likeness (QED) is 0.856. The summed E-state index contributed by atoms with van der Waals surface area (Å²) in [5.74, 6) is 1.95. The first-order chi connectivity index (χ1) is 9.36. The van der Waals surface area contributed by atoms with Gasteiger partial charge in [0.15, 0.2) is 0 Å². The molecule has 1 aromatic rings. The van der Waals surface area contributed by atoms with Gasteiger partial charge in [-0.25, -0.2) is 0 Å². The second kappa shape index (κ2) is 6.01. The molecule has 0 amide bonds. The molecule has 106 valence electrons. The number of nitrogens with zero attached hydrogens (tertiary/aromatic N) is 2. The van der Waals surface area contributed by atoms with Gasteiger partial charge < -0.3 is 14.6 Å². The van der Waals surface area contributed by atoms with E-state index in [0.29, 0.717) is 24.4 Å². The molecule has 2 aliphatic carbocycles. The SMILES string of the molecule is COC(c1noc(CNC2CC2)n1)C1CCCCC1. The third-order valence-corrected chi connectivity index (χ3v) is 4.19. The Morgan fingerprint density at radius 3 is 2.74 bits per heavy atom. The van der Waals surface area contributed by atoms with E-state index in [9.17, 15) is 0 Å². The minimum atomic E-state index is -0.00118. The Kier molecular flexibility index (Phi) is 4.13. The first-order valence-electron chi connectivity index (χ1n) is 7.45. The summed E-state index contributed by atoms with van der Waals surface area (Å²) >= 11 is 0. The van der Waals surface area contributed by atoms with Crippen LogP contribution in [0.4, 0.5) is 0 Å². The fraction of sp³-hybridized carbons (Fsp3) is 0.857. The van der Waals surface area contributed by atoms with Crippen LogP contribution in [0.15, 0.2) is 4.52 Å². The van der Waals surface area contributed by atoms with E-state index in [0.717, 1.165) is 5.82 Å². The molecule has 3 rings (SSSR count). The summed E-state index contributed by atoms with van der Waals surface area (Å²) in [5, 5.41) is 7.50. The number of methoxy groups -OCH3 is 1. The fourth-order valence-electron chi connectivity index (χ4n) is 2.92. The molecule has 2 saturated carbocycles. The highest BCUT2D eigenvalue weighted by atomic mass is 16.5. The zero-order valence-corrected chi connectivity index (χ0v) is 11.6. The van der Waals surface area contributed by atoms with E-state index in [1.807, 2.05) is 0 Å². The average molecular weight is 265 g/mol. The van der Waals surface area contributed by atoms with Gasteiger partial charge in [-0.1, -0.05) is 24.4 Å². The molecule has 2 fully saturated rings. The van der Waals surface area contributed by atoms with Crippen LogP contribution >= 0.6 is 0 Å². The van der Waals surface area contributed by atoms with Crippen molar-refractivity contribution in [2.75, 3.05) is 7.11 Å². The Bertz CT molecular complexity index is 397. The van der Waals surface area contributed by atoms with Gasteiger partial charge >= 0.3 is 0 Å². The van der Waals surface area contributed by atoms with Crippen LogP contribution in [0.1, 0.15) is 62.8 Å². The van der Waals surface area contributed by atoms with E-state index >= 15 is 0 Å². The number of hydrogen-bond donors (Lipinski definition) is 1. The highest BCUT2D eigenvalue weighted by Crippen LogP contribution is 2.35. The van der Waals surface area contributed by atoms with Gasteiger partial charge in [0.05, 0.1) is 6.54 Å². The molecule has 0 spiro atoms. The van der Waals surface area contributed by atoms with Crippen LogP contribution in [0.2, 0.25) is 0 Å². The lowest BCUT2D eigenvalue weighted by molar-refractivity contribution is 0.0273. The van der Waals surface area contributed by atoms with Gasteiger partial charge in [0.2, 0.25) is 11.7 Å². The summed E-state index contributed by atoms with van der Waals surface area (Å²) in [7, 11) is 1.75. The summed E-state index contributed by atoms with van der Waals surface area (Å²) in [5.41, 5.74) is 0. The van der Waals surface area contributed by atoms with E-state index < -0.39 is 0 Å². The summed E-state index contributed by atoms with van der Waals surface area (Å²) in [4.78, 5) is 4.49. The Hall–Kier alpha value is -0.940. The predicted molar refractivity (Wildman–Crippen MR) is 70.5 cm³/mol. The van der Waals surface area contributed by atoms with Crippen molar-refractivity contribution in [3.8, 4) is 0 Å². The van der Waals surface area contributed by atoms with Crippen LogP contribution in [-0.2, 0) is 11.3 Å². The van der Waals surface area contributed by atoms with Crippen molar-refractivity contribution >= 4 is 0 Å². The molecule has 1 N–H and O–H groups in total. The molecule has 0 saturated heterocycles. The molecular formula is C14H23N3O2. The van der Waals surface area contributed by atoms with Crippen LogP contribution in [0, 0.1) is 5.92 Å². The molecule has 5 heteroatoms. The zero-order chi connectivity index (χ0) is 13.1. The van der Waals surface area contributed by atoms with Gasteiger partial charge in [-0.15, -0.1) is 0 Å². The molecule has 0 aromatic carbocycles. The zero-order valence-electron chi connectivity index (χ0n) is 11.6. The summed E-state index contributed by atoms with van der Waals surface area (Å²) in [6.45, 7) is 0.679. The molecule has 2 aliphatic rings. The second-order valence-electron chi connectivity index (χ2n) is 5.76. The van der Waals surface area contributed by atoms with Crippen LogP contribution < -0.4 is 5.32 Å². The normalized spacial score (nSPS) is 22.6. The van der Waals surface area contributed by atoms with Gasteiger partial charge in [-0.05, 0) is 31.6 Å². The van der Waals surface area contributed by atoms with Crippen LogP contribution in [0.5, 0.6) is 0 Å². The lowest BCUT2D eigenvalue weighted by Gasteiger charge is -2.26. The van der Waals surface area contributed by atoms with Gasteiger partial charge in [0.1, 0.15) is 6.10 Å². The minimum absolute atomic E-state index is 0.00118. The van der Waals surface area contributed by atoms with Gasteiger partial charge in [-0.2, -0.15) is 4.98 Å². The number of nitrogens with one attached hydrogen (secondary N) is 1. The summed E-state index contributed by atoms with van der Waals surface area (Å²) in [6, 6.07) is 0.659. The lowest BCUT2D eigenvalue weighted by Crippen LogP contribution is -2.19. The van der Waals surface area contributed by atoms with Crippen LogP contribution in [0.3, 0.4) is 0 Å². The highest BCUT2D eigenvalue weighted by Gasteiger charge is 2.29. The molecule has 0 bridgehead atoms. The Balaban J connectivity index is 1.61. The summed E-state index contributed by atoms with van der Waals surface area (Å²) < 4.78 is 10.9. The number of ether oxygens (including phenoxy) is 1. The van der Waals surface area contributed by atoms with Gasteiger partial charge in [0, 0.05) is 13.2 Å². The molecule has 0 aliphatic heterocycles. The Morgan fingerprint density at radius 2 is 2.05 bits per heavy atom. The van der Waals surface area contributed by atoms with Crippen molar-refractivity contribution in [3.63, 3.8) is 0 Å². The third kappa shape index (κ3) is 3.34. The molecule has 1 atom stereocenters. The maximum absolute atomic E-state index is 5.62. The average Bonchev–Trinajstić information content (AvgIpc) is 3.17. The first kappa shape index (κ1) is 13.1. The van der Waals surface area contributed by atoms with Crippen molar-refractivity contribution < 1.29 is 9.26 Å². The number of rotatable bonds is 6. The predicted octanol–water partition coefficient (Wildman–Crippen LogP) is 2.59. The van der Waals surface area contributed by atoms with E-state index in [-0.39, 0.29) is 6.10 Å². The summed E-state index contributed by atoms with van der Waals surface area (Å²) in [6.07, 6.45) is 8.88. The Morgan fingerprint density at radius 1 is 1.26 bits per heavy atom. The lowest BCUT2D eigenvalue weighted by atomic mass is 9.85. The van der Waals surface area contributed by atoms with Crippen molar-refractivity contribution in [2.24, 2.45) is 5.92 Å². The molecule has 1 unspecified atom stereocenters. The first-order valence-corrected chi connectivity index (χ1v) is 7.45. The highest BCUT2D eigenvalue weighted by molar-refractivity contribution is 4.95.